The SMILES string of the molecule is CC(=O)NC1[C@H](O)OC(CO)[C@H](O)[C@@H]1O.CC(=O)NC1[C@H](O)OC(CO)[C@H](O)[C@@H]1O.CCCNC(=O)CCOCC(COCCC(=O)NCCC)(COCCC(=O)NCCCCCO[C@@H]1OC(CO)[C@H](O)[C@H](O)C1NC(C)=O)NC(=O)CCCC(=O)NCCCOC(C)C. The van der Waals surface area contributed by atoms with E-state index in [4.69, 9.17) is 48.1 Å². The van der Waals surface area contributed by atoms with Crippen LogP contribution in [-0.4, -0.2) is 306 Å². The topological polar surface area (TPSA) is 529 Å². The van der Waals surface area contributed by atoms with Crippen LogP contribution >= 0.6 is 0 Å². The summed E-state index contributed by atoms with van der Waals surface area (Å²) >= 11 is 0. The van der Waals surface area contributed by atoms with E-state index in [1.807, 2.05) is 27.7 Å². The number of rotatable bonds is 42. The summed E-state index contributed by atoms with van der Waals surface area (Å²) in [6.07, 6.45) is -10.7. The molecule has 3 heterocycles. The van der Waals surface area contributed by atoms with Crippen molar-refractivity contribution in [3.8, 4) is 0 Å². The molecule has 3 fully saturated rings. The quantitative estimate of drug-likeness (QED) is 0.0253. The fraction of sp³-hybridized carbons (Fsp3) is 0.864. The minimum atomic E-state index is -1.45. The zero-order valence-electron chi connectivity index (χ0n) is 55.3. The van der Waals surface area contributed by atoms with Gasteiger partial charge in [0.25, 0.3) is 0 Å². The first-order valence-corrected chi connectivity index (χ1v) is 32.0. The Morgan fingerprint density at radius 3 is 1.20 bits per heavy atom. The lowest BCUT2D eigenvalue weighted by Crippen LogP contribution is -2.64. The van der Waals surface area contributed by atoms with Crippen LogP contribution in [0.2, 0.25) is 0 Å². The van der Waals surface area contributed by atoms with Crippen LogP contribution in [-0.2, 0) is 76.3 Å². The van der Waals surface area contributed by atoms with Crippen molar-refractivity contribution in [3.63, 3.8) is 0 Å². The molecular formula is C59H110N8O27. The summed E-state index contributed by atoms with van der Waals surface area (Å²) in [5.41, 5.74) is -1.27. The maximum Gasteiger partial charge on any atom is 0.222 e. The third-order valence-electron chi connectivity index (χ3n) is 14.2. The molecule has 3 aliphatic rings. The number of nitrogens with one attached hydrogen (secondary N) is 8. The standard InChI is InChI=1S/C43H80N6O15.2C8H15NO6/c1-6-18-44-35(53)15-24-59-28-43(29-60-25-16-36(54)45-19-7-2,49-38(56)14-11-13-34(52)47-21-12-23-62-31(3)4)30-61-26-17-37(55)46-20-9-8-10-22-63-42-39(48-32(5)51)41(58)40(57)33(27-50)64-42;2*1-3(11)9-5-7(13)6(12)4(2-10)15-8(5)14/h31,33,39-42,50,57-58H,6-30H2,1-5H3,(H,44,53)(H,45,54)(H,46,55)(H,47,52)(H,48,51)(H,49,56);2*4-8,10,12-14H,2H2,1H3,(H,9,11)/t33?,39?,40-,41+,42+;2*4?,5?,6-,7+,8+/m000/s1. The summed E-state index contributed by atoms with van der Waals surface area (Å²) in [6.45, 7) is 12.2. The molecule has 0 spiro atoms. The highest BCUT2D eigenvalue weighted by molar-refractivity contribution is 5.80. The molecule has 0 aromatic heterocycles. The summed E-state index contributed by atoms with van der Waals surface area (Å²) in [5.74, 6) is -2.57. The van der Waals surface area contributed by atoms with Gasteiger partial charge in [-0.25, -0.2) is 0 Å². The molecule has 15 atom stereocenters. The van der Waals surface area contributed by atoms with E-state index in [2.05, 4.69) is 42.5 Å². The van der Waals surface area contributed by atoms with Crippen LogP contribution in [0.25, 0.3) is 0 Å². The fourth-order valence-corrected chi connectivity index (χ4v) is 9.22. The first-order valence-electron chi connectivity index (χ1n) is 32.0. The Morgan fingerprint density at radius 1 is 0.426 bits per heavy atom. The highest BCUT2D eigenvalue weighted by Gasteiger charge is 2.47. The predicted octanol–water partition coefficient (Wildman–Crippen LogP) is -6.69. The molecule has 548 valence electrons. The largest absolute Gasteiger partial charge is 0.394 e. The van der Waals surface area contributed by atoms with Gasteiger partial charge in [-0.05, 0) is 58.8 Å². The summed E-state index contributed by atoms with van der Waals surface area (Å²) in [7, 11) is 0. The second kappa shape index (κ2) is 49.5. The zero-order chi connectivity index (χ0) is 70.8. The van der Waals surface area contributed by atoms with Gasteiger partial charge in [0.15, 0.2) is 18.9 Å². The number of unbranched alkanes of at least 4 members (excludes halogenated alkanes) is 2. The van der Waals surface area contributed by atoms with E-state index in [-0.39, 0.29) is 120 Å². The second-order valence-corrected chi connectivity index (χ2v) is 23.0. The van der Waals surface area contributed by atoms with Crippen LogP contribution < -0.4 is 42.5 Å². The summed E-state index contributed by atoms with van der Waals surface area (Å²) in [6, 6.07) is -3.22. The van der Waals surface area contributed by atoms with E-state index in [1.165, 1.54) is 20.8 Å². The molecule has 0 aromatic rings. The van der Waals surface area contributed by atoms with E-state index < -0.39 is 135 Å². The normalized spacial score (nSPS) is 25.8. The van der Waals surface area contributed by atoms with Gasteiger partial charge < -0.3 is 137 Å². The van der Waals surface area contributed by atoms with Gasteiger partial charge in [-0.3, -0.25) is 38.4 Å². The Hall–Kier alpha value is -5.00. The van der Waals surface area contributed by atoms with E-state index >= 15 is 0 Å². The molecule has 0 bridgehead atoms. The molecular weight excluding hydrogens is 1250 g/mol. The number of hydrogen-bond acceptors (Lipinski definition) is 27. The lowest BCUT2D eigenvalue weighted by molar-refractivity contribution is -0.270. The Labute approximate surface area is 548 Å². The van der Waals surface area contributed by atoms with Gasteiger partial charge in [-0.1, -0.05) is 13.8 Å². The molecule has 0 aliphatic carbocycles. The Morgan fingerprint density at radius 2 is 0.798 bits per heavy atom. The number of hydrogen-bond donors (Lipinski definition) is 19. The van der Waals surface area contributed by atoms with Gasteiger partial charge in [0.2, 0.25) is 47.3 Å². The summed E-state index contributed by atoms with van der Waals surface area (Å²) < 4.78 is 44.2. The lowest BCUT2D eigenvalue weighted by atomic mass is 9.97. The third kappa shape index (κ3) is 35.8. The molecule has 8 amide bonds. The number of carbonyl (C=O) groups excluding carboxylic acids is 8. The molecule has 0 saturated carbocycles. The van der Waals surface area contributed by atoms with Crippen LogP contribution in [0.1, 0.15) is 126 Å². The minimum Gasteiger partial charge on any atom is -0.394 e. The van der Waals surface area contributed by atoms with Crippen LogP contribution in [0, 0.1) is 0 Å². The summed E-state index contributed by atoms with van der Waals surface area (Å²) in [5, 5.41) is 126. The van der Waals surface area contributed by atoms with Crippen LogP contribution in [0.5, 0.6) is 0 Å². The van der Waals surface area contributed by atoms with Gasteiger partial charge in [0.1, 0.15) is 78.6 Å². The van der Waals surface area contributed by atoms with E-state index in [0.29, 0.717) is 58.5 Å². The first-order chi connectivity index (χ1) is 44.6. The molecule has 0 radical (unpaired) electrons. The van der Waals surface area contributed by atoms with E-state index in [0.717, 1.165) is 12.8 Å². The highest BCUT2D eigenvalue weighted by atomic mass is 16.7. The maximum absolute atomic E-state index is 13.4. The van der Waals surface area contributed by atoms with Crippen molar-refractivity contribution in [2.75, 3.05) is 98.9 Å². The van der Waals surface area contributed by atoms with Gasteiger partial charge in [-0.2, -0.15) is 0 Å². The lowest BCUT2D eigenvalue weighted by Gasteiger charge is -2.42. The van der Waals surface area contributed by atoms with E-state index in [1.54, 1.807) is 0 Å². The number of aliphatic hydroxyl groups is 11. The van der Waals surface area contributed by atoms with Gasteiger partial charge in [-0.15, -0.1) is 0 Å². The van der Waals surface area contributed by atoms with Gasteiger partial charge >= 0.3 is 0 Å². The van der Waals surface area contributed by atoms with Crippen molar-refractivity contribution >= 4 is 47.3 Å². The molecule has 3 rings (SSSR count). The van der Waals surface area contributed by atoms with Crippen molar-refractivity contribution in [3.05, 3.63) is 0 Å². The molecule has 3 aliphatic heterocycles. The van der Waals surface area contributed by atoms with Gasteiger partial charge in [0.05, 0.1) is 65.6 Å². The monoisotopic (exact) mass is 1360 g/mol. The second-order valence-electron chi connectivity index (χ2n) is 23.0. The van der Waals surface area contributed by atoms with Crippen molar-refractivity contribution < 1.29 is 132 Å². The Kier molecular flexibility index (Phi) is 45.8. The minimum absolute atomic E-state index is 0.00646. The molecule has 0 aromatic carbocycles. The molecule has 3 saturated heterocycles. The number of amides is 8. The van der Waals surface area contributed by atoms with Crippen LogP contribution in [0.4, 0.5) is 0 Å². The highest BCUT2D eigenvalue weighted by Crippen LogP contribution is 2.24. The van der Waals surface area contributed by atoms with Crippen molar-refractivity contribution in [1.82, 2.24) is 42.5 Å². The Bertz CT molecular complexity index is 2090. The average Bonchev–Trinajstić information content (AvgIpc) is 0.879. The van der Waals surface area contributed by atoms with Crippen molar-refractivity contribution in [2.24, 2.45) is 0 Å². The van der Waals surface area contributed by atoms with Crippen molar-refractivity contribution in [1.29, 1.82) is 0 Å². The molecule has 35 nitrogen and oxygen atoms in total. The van der Waals surface area contributed by atoms with Crippen molar-refractivity contribution in [2.45, 2.75) is 229 Å². The average molecular weight is 1360 g/mol. The number of aliphatic hydroxyl groups excluding tert-OH is 11. The maximum atomic E-state index is 13.4. The molecule has 19 N–H and O–H groups in total. The molecule has 35 heteroatoms. The van der Waals surface area contributed by atoms with E-state index in [9.17, 15) is 84.3 Å². The third-order valence-corrected chi connectivity index (χ3v) is 14.2. The van der Waals surface area contributed by atoms with Crippen LogP contribution in [0.3, 0.4) is 0 Å². The fourth-order valence-electron chi connectivity index (χ4n) is 9.22. The number of carbonyl (C=O) groups is 8. The first kappa shape index (κ1) is 87.0. The predicted molar refractivity (Wildman–Crippen MR) is 330 cm³/mol. The number of ether oxygens (including phenoxy) is 8. The molecule has 6 unspecified atom stereocenters. The van der Waals surface area contributed by atoms with Crippen LogP contribution in [0.15, 0.2) is 0 Å². The summed E-state index contributed by atoms with van der Waals surface area (Å²) in [4.78, 5) is 96.1. The molecule has 94 heavy (non-hydrogen) atoms. The smallest absolute Gasteiger partial charge is 0.222 e. The zero-order valence-corrected chi connectivity index (χ0v) is 55.3. The van der Waals surface area contributed by atoms with Gasteiger partial charge in [0, 0.05) is 92.3 Å². The Balaban J connectivity index is 0.00000118.